The Hall–Kier alpha value is -3.94. The number of benzene rings is 2. The van der Waals surface area contributed by atoms with E-state index in [1.807, 2.05) is 43.3 Å². The fourth-order valence-electron chi connectivity index (χ4n) is 3.14. The number of ether oxygens (including phenoxy) is 2. The Bertz CT molecular complexity index is 1170. The minimum absolute atomic E-state index is 0.0259. The molecule has 32 heavy (non-hydrogen) atoms. The van der Waals surface area contributed by atoms with E-state index in [9.17, 15) is 14.4 Å². The van der Waals surface area contributed by atoms with Crippen molar-refractivity contribution in [2.45, 2.75) is 26.7 Å². The van der Waals surface area contributed by atoms with Crippen molar-refractivity contribution in [3.63, 3.8) is 0 Å². The number of para-hydroxylation sites is 1. The molecular formula is C24H25N3O5. The molecule has 1 amide bonds. The Morgan fingerprint density at radius 3 is 2.47 bits per heavy atom. The van der Waals surface area contributed by atoms with Crippen molar-refractivity contribution >= 4 is 17.6 Å². The highest BCUT2D eigenvalue weighted by molar-refractivity contribution is 5.99. The number of anilines is 1. The maximum atomic E-state index is 12.7. The Morgan fingerprint density at radius 2 is 1.81 bits per heavy atom. The van der Waals surface area contributed by atoms with Crippen molar-refractivity contribution in [2.24, 2.45) is 0 Å². The lowest BCUT2D eigenvalue weighted by Crippen LogP contribution is -2.27. The predicted molar refractivity (Wildman–Crippen MR) is 120 cm³/mol. The molecule has 0 spiro atoms. The van der Waals surface area contributed by atoms with Crippen LogP contribution in [0.1, 0.15) is 35.0 Å². The number of methoxy groups -OCH3 is 1. The van der Waals surface area contributed by atoms with E-state index in [4.69, 9.17) is 9.47 Å². The van der Waals surface area contributed by atoms with Crippen LogP contribution in [0.3, 0.4) is 0 Å². The zero-order valence-corrected chi connectivity index (χ0v) is 18.3. The quantitative estimate of drug-likeness (QED) is 0.545. The summed E-state index contributed by atoms with van der Waals surface area (Å²) in [6.45, 7) is 3.64. The molecule has 3 aromatic rings. The van der Waals surface area contributed by atoms with Gasteiger partial charge < -0.3 is 14.8 Å². The summed E-state index contributed by atoms with van der Waals surface area (Å²) in [6.07, 6.45) is 0.647. The summed E-state index contributed by atoms with van der Waals surface area (Å²) >= 11 is 0. The van der Waals surface area contributed by atoms with E-state index >= 15 is 0 Å². The van der Waals surface area contributed by atoms with Crippen molar-refractivity contribution in [1.82, 2.24) is 9.78 Å². The maximum absolute atomic E-state index is 12.7. The largest absolute Gasteiger partial charge is 0.497 e. The average molecular weight is 435 g/mol. The molecule has 2 aromatic carbocycles. The fourth-order valence-corrected chi connectivity index (χ4v) is 3.14. The third-order valence-corrected chi connectivity index (χ3v) is 4.82. The van der Waals surface area contributed by atoms with Crippen molar-refractivity contribution < 1.29 is 19.1 Å². The smallest absolute Gasteiger partial charge is 0.360 e. The van der Waals surface area contributed by atoms with Crippen molar-refractivity contribution in [3.05, 3.63) is 81.8 Å². The maximum Gasteiger partial charge on any atom is 0.360 e. The van der Waals surface area contributed by atoms with Crippen LogP contribution in [0.4, 0.5) is 5.69 Å². The predicted octanol–water partition coefficient (Wildman–Crippen LogP) is 3.30. The SMILES string of the molecule is CCOC(=O)c1nn(-c2ccccc2C)c(=O)cc1NC(=O)CCc1ccc(OC)cc1. The van der Waals surface area contributed by atoms with E-state index < -0.39 is 11.5 Å². The van der Waals surface area contributed by atoms with Gasteiger partial charge in [0.1, 0.15) is 5.75 Å². The fraction of sp³-hybridized carbons (Fsp3) is 0.250. The molecule has 166 valence electrons. The van der Waals surface area contributed by atoms with Crippen LogP contribution in [0, 0.1) is 6.92 Å². The minimum Gasteiger partial charge on any atom is -0.497 e. The second kappa shape index (κ2) is 10.4. The first-order valence-electron chi connectivity index (χ1n) is 10.2. The normalized spacial score (nSPS) is 10.5. The van der Waals surface area contributed by atoms with E-state index in [-0.39, 0.29) is 30.3 Å². The van der Waals surface area contributed by atoms with Gasteiger partial charge in [0.2, 0.25) is 5.91 Å². The third-order valence-electron chi connectivity index (χ3n) is 4.82. The van der Waals surface area contributed by atoms with Crippen LogP contribution in [-0.4, -0.2) is 35.4 Å². The highest BCUT2D eigenvalue weighted by atomic mass is 16.5. The molecule has 0 saturated carbocycles. The molecule has 0 atom stereocenters. The molecule has 1 heterocycles. The van der Waals surface area contributed by atoms with Gasteiger partial charge in [-0.15, -0.1) is 0 Å². The third kappa shape index (κ3) is 5.40. The number of esters is 1. The first-order valence-corrected chi connectivity index (χ1v) is 10.2. The van der Waals surface area contributed by atoms with Crippen LogP contribution in [0.15, 0.2) is 59.4 Å². The number of aryl methyl sites for hydroxylation is 2. The summed E-state index contributed by atoms with van der Waals surface area (Å²) in [4.78, 5) is 37.8. The highest BCUT2D eigenvalue weighted by Gasteiger charge is 2.20. The molecule has 0 aliphatic heterocycles. The van der Waals surface area contributed by atoms with Gasteiger partial charge in [0.05, 0.1) is 25.1 Å². The zero-order chi connectivity index (χ0) is 23.1. The first kappa shape index (κ1) is 22.7. The summed E-state index contributed by atoms with van der Waals surface area (Å²) in [5, 5.41) is 6.85. The van der Waals surface area contributed by atoms with Crippen LogP contribution in [0.25, 0.3) is 5.69 Å². The molecule has 8 nitrogen and oxygen atoms in total. The van der Waals surface area contributed by atoms with Crippen LogP contribution in [0.2, 0.25) is 0 Å². The molecule has 0 aliphatic rings. The number of nitrogens with zero attached hydrogens (tertiary/aromatic N) is 2. The van der Waals surface area contributed by atoms with Gasteiger partial charge in [-0.3, -0.25) is 9.59 Å². The number of hydrogen-bond acceptors (Lipinski definition) is 6. The molecule has 0 bridgehead atoms. The van der Waals surface area contributed by atoms with Gasteiger partial charge in [0.25, 0.3) is 5.56 Å². The van der Waals surface area contributed by atoms with Gasteiger partial charge >= 0.3 is 5.97 Å². The standard InChI is InChI=1S/C24H25N3O5/c1-4-32-24(30)23-19(15-22(29)27(26-23)20-8-6-5-7-16(20)2)25-21(28)14-11-17-9-12-18(31-3)13-10-17/h5-10,12-13,15H,4,11,14H2,1-3H3,(H,25,28). The Labute approximate surface area is 185 Å². The van der Waals surface area contributed by atoms with Crippen molar-refractivity contribution in [1.29, 1.82) is 0 Å². The number of amides is 1. The Morgan fingerprint density at radius 1 is 1.09 bits per heavy atom. The lowest BCUT2D eigenvalue weighted by molar-refractivity contribution is -0.116. The second-order valence-corrected chi connectivity index (χ2v) is 7.06. The van der Waals surface area contributed by atoms with E-state index in [2.05, 4.69) is 10.4 Å². The van der Waals surface area contributed by atoms with E-state index in [1.54, 1.807) is 26.2 Å². The zero-order valence-electron chi connectivity index (χ0n) is 18.3. The summed E-state index contributed by atoms with van der Waals surface area (Å²) in [6, 6.07) is 15.8. The highest BCUT2D eigenvalue weighted by Crippen LogP contribution is 2.17. The lowest BCUT2D eigenvalue weighted by Gasteiger charge is -2.13. The molecule has 0 saturated heterocycles. The van der Waals surface area contributed by atoms with Crippen LogP contribution in [-0.2, 0) is 16.0 Å². The number of carbonyl (C=O) groups is 2. The second-order valence-electron chi connectivity index (χ2n) is 7.06. The van der Waals surface area contributed by atoms with Gasteiger partial charge in [-0.2, -0.15) is 9.78 Å². The molecule has 3 rings (SSSR count). The van der Waals surface area contributed by atoms with E-state index in [0.717, 1.165) is 21.6 Å². The number of nitrogens with one attached hydrogen (secondary N) is 1. The van der Waals surface area contributed by atoms with E-state index in [1.165, 1.54) is 6.07 Å². The van der Waals surface area contributed by atoms with Crippen molar-refractivity contribution in [2.75, 3.05) is 19.0 Å². The van der Waals surface area contributed by atoms with Gasteiger partial charge in [-0.25, -0.2) is 4.79 Å². The summed E-state index contributed by atoms with van der Waals surface area (Å²) in [7, 11) is 1.59. The van der Waals surface area contributed by atoms with Crippen LogP contribution in [0.5, 0.6) is 5.75 Å². The summed E-state index contributed by atoms with van der Waals surface area (Å²) < 4.78 is 11.3. The number of carbonyl (C=O) groups excluding carboxylic acids is 2. The molecule has 0 fully saturated rings. The topological polar surface area (TPSA) is 99.5 Å². The molecule has 1 aromatic heterocycles. The number of hydrogen-bond donors (Lipinski definition) is 1. The Balaban J connectivity index is 1.85. The first-order chi connectivity index (χ1) is 15.4. The molecular weight excluding hydrogens is 410 g/mol. The van der Waals surface area contributed by atoms with Gasteiger partial charge in [0, 0.05) is 12.5 Å². The van der Waals surface area contributed by atoms with Gasteiger partial charge in [0.15, 0.2) is 5.69 Å². The van der Waals surface area contributed by atoms with Crippen LogP contribution < -0.4 is 15.6 Å². The molecule has 8 heteroatoms. The number of aromatic nitrogens is 2. The van der Waals surface area contributed by atoms with E-state index in [0.29, 0.717) is 12.1 Å². The minimum atomic E-state index is -0.722. The monoisotopic (exact) mass is 435 g/mol. The average Bonchev–Trinajstić information content (AvgIpc) is 2.79. The molecule has 1 N–H and O–H groups in total. The number of rotatable bonds is 8. The van der Waals surface area contributed by atoms with Gasteiger partial charge in [-0.1, -0.05) is 30.3 Å². The molecule has 0 radical (unpaired) electrons. The molecule has 0 aliphatic carbocycles. The summed E-state index contributed by atoms with van der Waals surface area (Å²) in [5.41, 5.74) is 1.73. The van der Waals surface area contributed by atoms with Crippen LogP contribution >= 0.6 is 0 Å². The lowest BCUT2D eigenvalue weighted by atomic mass is 10.1. The summed E-state index contributed by atoms with van der Waals surface area (Å²) in [5.74, 6) is -0.334. The van der Waals surface area contributed by atoms with Crippen molar-refractivity contribution in [3.8, 4) is 11.4 Å². The Kier molecular flexibility index (Phi) is 7.38. The molecule has 0 unspecified atom stereocenters. The van der Waals surface area contributed by atoms with Gasteiger partial charge in [-0.05, 0) is 49.6 Å².